The number of halogens is 1. The Labute approximate surface area is 281 Å². The largest absolute Gasteiger partial charge is 0.463 e. The van der Waals surface area contributed by atoms with Crippen LogP contribution < -0.4 is 0 Å². The number of carbonyl (C=O) groups is 3. The standard InChI is InChI=1S/C40H40FN3O4/c1-3-48-40(47)37-28(2)44(36(45)26-35(37)30-17-19-34(41)20-18-30)27-29-11-10-16-33(25-29)39(46)43-23-21-42(22-24-43)38(31-12-6-4-7-13-31)32-14-8-5-9-15-32/h4-20,25,35,38H,3,21-24,26-27H2,1-2H3. The van der Waals surface area contributed by atoms with Crippen molar-refractivity contribution in [2.24, 2.45) is 0 Å². The fourth-order valence-electron chi connectivity index (χ4n) is 6.89. The summed E-state index contributed by atoms with van der Waals surface area (Å²) >= 11 is 0. The van der Waals surface area contributed by atoms with Crippen LogP contribution in [0.15, 0.2) is 120 Å². The molecule has 2 heterocycles. The van der Waals surface area contributed by atoms with Crippen LogP contribution in [0.1, 0.15) is 64.8 Å². The van der Waals surface area contributed by atoms with E-state index in [9.17, 15) is 18.8 Å². The summed E-state index contributed by atoms with van der Waals surface area (Å²) in [5.41, 5.74) is 5.35. The summed E-state index contributed by atoms with van der Waals surface area (Å²) in [5.74, 6) is -1.63. The highest BCUT2D eigenvalue weighted by atomic mass is 19.1. The predicted octanol–water partition coefficient (Wildman–Crippen LogP) is 6.73. The van der Waals surface area contributed by atoms with E-state index in [0.29, 0.717) is 35.5 Å². The second-order valence-electron chi connectivity index (χ2n) is 12.3. The Morgan fingerprint density at radius 3 is 2.06 bits per heavy atom. The Morgan fingerprint density at radius 1 is 0.833 bits per heavy atom. The Morgan fingerprint density at radius 2 is 1.46 bits per heavy atom. The van der Waals surface area contributed by atoms with Gasteiger partial charge in [0.15, 0.2) is 0 Å². The minimum atomic E-state index is -0.539. The highest BCUT2D eigenvalue weighted by Gasteiger charge is 2.37. The zero-order valence-corrected chi connectivity index (χ0v) is 27.3. The molecule has 1 atom stereocenters. The molecule has 6 rings (SSSR count). The minimum absolute atomic E-state index is 0.0479. The van der Waals surface area contributed by atoms with Crippen molar-refractivity contribution in [2.45, 2.75) is 38.8 Å². The summed E-state index contributed by atoms with van der Waals surface area (Å²) in [6.45, 7) is 6.53. The maximum Gasteiger partial charge on any atom is 0.336 e. The van der Waals surface area contributed by atoms with E-state index in [1.54, 1.807) is 30.9 Å². The van der Waals surface area contributed by atoms with Gasteiger partial charge in [-0.2, -0.15) is 0 Å². The normalized spacial score (nSPS) is 17.2. The van der Waals surface area contributed by atoms with Crippen LogP contribution in [0.25, 0.3) is 0 Å². The first-order valence-corrected chi connectivity index (χ1v) is 16.5. The van der Waals surface area contributed by atoms with E-state index in [0.717, 1.165) is 18.7 Å². The van der Waals surface area contributed by atoms with Gasteiger partial charge in [-0.3, -0.25) is 14.5 Å². The number of rotatable bonds is 9. The second kappa shape index (κ2) is 14.8. The van der Waals surface area contributed by atoms with Gasteiger partial charge in [-0.1, -0.05) is 84.9 Å². The van der Waals surface area contributed by atoms with Gasteiger partial charge in [0.1, 0.15) is 5.82 Å². The lowest BCUT2D eigenvalue weighted by Gasteiger charge is -2.40. The smallest absolute Gasteiger partial charge is 0.336 e. The van der Waals surface area contributed by atoms with Crippen molar-refractivity contribution in [1.82, 2.24) is 14.7 Å². The van der Waals surface area contributed by atoms with Crippen LogP contribution in [0, 0.1) is 5.82 Å². The number of hydrogen-bond donors (Lipinski definition) is 0. The van der Waals surface area contributed by atoms with Crippen LogP contribution in [0.4, 0.5) is 4.39 Å². The maximum absolute atomic E-state index is 13.8. The first kappa shape index (κ1) is 32.8. The molecule has 0 radical (unpaired) electrons. The second-order valence-corrected chi connectivity index (χ2v) is 12.3. The Kier molecular flexibility index (Phi) is 10.1. The van der Waals surface area contributed by atoms with Gasteiger partial charge in [0.05, 0.1) is 24.8 Å². The summed E-state index contributed by atoms with van der Waals surface area (Å²) in [4.78, 5) is 46.4. The molecule has 4 aromatic rings. The summed E-state index contributed by atoms with van der Waals surface area (Å²) in [5, 5.41) is 0. The minimum Gasteiger partial charge on any atom is -0.463 e. The van der Waals surface area contributed by atoms with Gasteiger partial charge in [0.25, 0.3) is 5.91 Å². The summed E-state index contributed by atoms with van der Waals surface area (Å²) in [6, 6.07) is 34.3. The lowest BCUT2D eigenvalue weighted by Crippen LogP contribution is -2.49. The zero-order chi connectivity index (χ0) is 33.6. The van der Waals surface area contributed by atoms with E-state index in [2.05, 4.69) is 53.4 Å². The van der Waals surface area contributed by atoms with Gasteiger partial charge >= 0.3 is 5.97 Å². The number of carbonyl (C=O) groups excluding carboxylic acids is 3. The quantitative estimate of drug-likeness (QED) is 0.189. The van der Waals surface area contributed by atoms with Crippen molar-refractivity contribution >= 4 is 17.8 Å². The SMILES string of the molecule is CCOC(=O)C1=C(C)N(Cc2cccc(C(=O)N3CCN(C(c4ccccc4)c4ccccc4)CC3)c2)C(=O)CC1c1ccc(F)cc1. The number of hydrogen-bond acceptors (Lipinski definition) is 5. The molecule has 0 saturated carbocycles. The van der Waals surface area contributed by atoms with Gasteiger partial charge in [0, 0.05) is 49.8 Å². The molecule has 0 aromatic heterocycles. The molecule has 1 fully saturated rings. The third kappa shape index (κ3) is 7.09. The van der Waals surface area contributed by atoms with Crippen LogP contribution in [0.3, 0.4) is 0 Å². The lowest BCUT2D eigenvalue weighted by molar-refractivity contribution is -0.140. The summed E-state index contributed by atoms with van der Waals surface area (Å²) in [6.07, 6.45) is 0.0486. The number of benzene rings is 4. The van der Waals surface area contributed by atoms with Gasteiger partial charge in [-0.25, -0.2) is 9.18 Å². The highest BCUT2D eigenvalue weighted by Crippen LogP contribution is 2.38. The summed E-state index contributed by atoms with van der Waals surface area (Å²) < 4.78 is 19.1. The van der Waals surface area contributed by atoms with Crippen molar-refractivity contribution in [2.75, 3.05) is 32.8 Å². The average Bonchev–Trinajstić information content (AvgIpc) is 3.11. The van der Waals surface area contributed by atoms with Crippen molar-refractivity contribution in [3.63, 3.8) is 0 Å². The first-order valence-electron chi connectivity index (χ1n) is 16.5. The highest BCUT2D eigenvalue weighted by molar-refractivity contribution is 5.96. The topological polar surface area (TPSA) is 70.2 Å². The zero-order valence-electron chi connectivity index (χ0n) is 27.3. The van der Waals surface area contributed by atoms with Crippen molar-refractivity contribution in [1.29, 1.82) is 0 Å². The molecule has 8 heteroatoms. The first-order chi connectivity index (χ1) is 23.3. The molecule has 0 aliphatic carbocycles. The molecule has 48 heavy (non-hydrogen) atoms. The van der Waals surface area contributed by atoms with Crippen LogP contribution >= 0.6 is 0 Å². The number of allylic oxidation sites excluding steroid dienone is 1. The van der Waals surface area contributed by atoms with Crippen molar-refractivity contribution in [3.05, 3.63) is 154 Å². The van der Waals surface area contributed by atoms with Crippen molar-refractivity contribution < 1.29 is 23.5 Å². The van der Waals surface area contributed by atoms with Gasteiger partial charge in [0.2, 0.25) is 5.91 Å². The Bertz CT molecular complexity index is 1740. The van der Waals surface area contributed by atoms with Crippen LogP contribution in [-0.2, 0) is 20.9 Å². The molecular weight excluding hydrogens is 605 g/mol. The molecule has 4 aromatic carbocycles. The molecule has 246 valence electrons. The molecule has 2 amide bonds. The molecule has 0 bridgehead atoms. The van der Waals surface area contributed by atoms with E-state index in [1.165, 1.54) is 23.3 Å². The van der Waals surface area contributed by atoms with E-state index in [1.807, 2.05) is 41.3 Å². The number of amides is 2. The van der Waals surface area contributed by atoms with Gasteiger partial charge in [-0.05, 0) is 60.4 Å². The van der Waals surface area contributed by atoms with E-state index in [4.69, 9.17) is 4.74 Å². The average molecular weight is 646 g/mol. The number of esters is 1. The van der Waals surface area contributed by atoms with Crippen LogP contribution in [-0.4, -0.2) is 65.3 Å². The molecule has 2 aliphatic heterocycles. The monoisotopic (exact) mass is 645 g/mol. The Hall–Kier alpha value is -5.08. The van der Waals surface area contributed by atoms with E-state index < -0.39 is 11.9 Å². The summed E-state index contributed by atoms with van der Waals surface area (Å²) in [7, 11) is 0. The van der Waals surface area contributed by atoms with Gasteiger partial charge in [-0.15, -0.1) is 0 Å². The molecule has 1 unspecified atom stereocenters. The molecule has 2 aliphatic rings. The van der Waals surface area contributed by atoms with E-state index in [-0.39, 0.29) is 43.2 Å². The Balaban J connectivity index is 1.18. The number of ether oxygens (including phenoxy) is 1. The third-order valence-corrected chi connectivity index (χ3v) is 9.30. The fraction of sp³-hybridized carbons (Fsp3) is 0.275. The maximum atomic E-state index is 13.8. The third-order valence-electron chi connectivity index (χ3n) is 9.30. The van der Waals surface area contributed by atoms with Crippen molar-refractivity contribution in [3.8, 4) is 0 Å². The van der Waals surface area contributed by atoms with E-state index >= 15 is 0 Å². The van der Waals surface area contributed by atoms with Gasteiger partial charge < -0.3 is 14.5 Å². The molecule has 1 saturated heterocycles. The molecule has 0 spiro atoms. The molecular formula is C40H40FN3O4. The molecule has 0 N–H and O–H groups in total. The molecule has 7 nitrogen and oxygen atoms in total. The number of piperazine rings is 1. The fourth-order valence-corrected chi connectivity index (χ4v) is 6.89. The van der Waals surface area contributed by atoms with Crippen LogP contribution in [0.5, 0.6) is 0 Å². The van der Waals surface area contributed by atoms with Crippen LogP contribution in [0.2, 0.25) is 0 Å². The number of nitrogens with zero attached hydrogens (tertiary/aromatic N) is 3. The lowest BCUT2D eigenvalue weighted by atomic mass is 9.83. The predicted molar refractivity (Wildman–Crippen MR) is 182 cm³/mol.